The van der Waals surface area contributed by atoms with Crippen molar-refractivity contribution in [2.24, 2.45) is 0 Å². The Bertz CT molecular complexity index is 1130. The van der Waals surface area contributed by atoms with Crippen LogP contribution in [0.1, 0.15) is 35.3 Å². The molecule has 7 heteroatoms. The van der Waals surface area contributed by atoms with E-state index in [1.54, 1.807) is 18.2 Å². The SMILES string of the molecule is COc1nn(C(C=O)CCc2ccccc2)c(=O)cc1-c1cc(Cl)ccc1C(C)=O. The first kappa shape index (κ1) is 21.5. The topological polar surface area (TPSA) is 78.3 Å². The van der Waals surface area contributed by atoms with Gasteiger partial charge < -0.3 is 9.53 Å². The highest BCUT2D eigenvalue weighted by molar-refractivity contribution is 6.31. The highest BCUT2D eigenvalue weighted by Crippen LogP contribution is 2.32. The van der Waals surface area contributed by atoms with Crippen LogP contribution in [-0.2, 0) is 11.2 Å². The number of aromatic nitrogens is 2. The Labute approximate surface area is 179 Å². The molecule has 0 saturated heterocycles. The van der Waals surface area contributed by atoms with Gasteiger partial charge in [-0.05, 0) is 49.1 Å². The third kappa shape index (κ3) is 4.66. The van der Waals surface area contributed by atoms with Gasteiger partial charge in [0.05, 0.1) is 12.7 Å². The molecule has 0 aliphatic heterocycles. The molecule has 0 saturated carbocycles. The normalized spacial score (nSPS) is 11.7. The van der Waals surface area contributed by atoms with Crippen LogP contribution in [0, 0.1) is 0 Å². The van der Waals surface area contributed by atoms with E-state index in [2.05, 4.69) is 5.10 Å². The molecule has 0 aliphatic rings. The first-order chi connectivity index (χ1) is 14.4. The third-order valence-corrected chi connectivity index (χ3v) is 5.04. The van der Waals surface area contributed by atoms with Crippen LogP contribution >= 0.6 is 11.6 Å². The van der Waals surface area contributed by atoms with Crippen LogP contribution < -0.4 is 10.3 Å². The number of hydrogen-bond acceptors (Lipinski definition) is 5. The molecule has 0 aliphatic carbocycles. The van der Waals surface area contributed by atoms with Crippen molar-refractivity contribution in [2.75, 3.05) is 7.11 Å². The lowest BCUT2D eigenvalue weighted by atomic mass is 9.98. The number of halogens is 1. The van der Waals surface area contributed by atoms with Crippen LogP contribution in [0.3, 0.4) is 0 Å². The molecule has 0 N–H and O–H groups in total. The maximum Gasteiger partial charge on any atom is 0.268 e. The van der Waals surface area contributed by atoms with Crippen LogP contribution in [0.25, 0.3) is 11.1 Å². The predicted molar refractivity (Wildman–Crippen MR) is 115 cm³/mol. The number of aryl methyl sites for hydroxylation is 1. The smallest absolute Gasteiger partial charge is 0.268 e. The predicted octanol–water partition coefficient (Wildman–Crippen LogP) is 4.15. The van der Waals surface area contributed by atoms with Gasteiger partial charge in [0.15, 0.2) is 5.78 Å². The Morgan fingerprint density at radius 3 is 2.53 bits per heavy atom. The van der Waals surface area contributed by atoms with Gasteiger partial charge in [0.2, 0.25) is 5.88 Å². The van der Waals surface area contributed by atoms with E-state index in [0.717, 1.165) is 10.2 Å². The molecule has 1 heterocycles. The summed E-state index contributed by atoms with van der Waals surface area (Å²) in [5.74, 6) is -0.0487. The monoisotopic (exact) mass is 424 g/mol. The van der Waals surface area contributed by atoms with Crippen LogP contribution in [-0.4, -0.2) is 29.0 Å². The molecule has 6 nitrogen and oxygen atoms in total. The fourth-order valence-electron chi connectivity index (χ4n) is 3.29. The molecular formula is C23H21ClN2O4. The van der Waals surface area contributed by atoms with Gasteiger partial charge in [-0.2, -0.15) is 0 Å². The van der Waals surface area contributed by atoms with Gasteiger partial charge in [-0.15, -0.1) is 5.10 Å². The molecule has 1 unspecified atom stereocenters. The number of ether oxygens (including phenoxy) is 1. The standard InChI is InChI=1S/C23H21ClN2O4/c1-15(28)19-11-9-17(24)12-20(19)21-13-22(29)26(25-23(21)30-2)18(14-27)10-8-16-6-4-3-5-7-16/h3-7,9,11-14,18H,8,10H2,1-2H3. The molecule has 2 aromatic carbocycles. The Kier molecular flexibility index (Phi) is 6.79. The molecule has 3 aromatic rings. The van der Waals surface area contributed by atoms with Crippen LogP contribution in [0.15, 0.2) is 59.4 Å². The van der Waals surface area contributed by atoms with Crippen molar-refractivity contribution in [3.8, 4) is 17.0 Å². The maximum absolute atomic E-state index is 12.8. The molecule has 1 atom stereocenters. The molecule has 3 rings (SSSR count). The van der Waals surface area contributed by atoms with Crippen molar-refractivity contribution in [1.82, 2.24) is 9.78 Å². The summed E-state index contributed by atoms with van der Waals surface area (Å²) in [4.78, 5) is 36.6. The lowest BCUT2D eigenvalue weighted by molar-refractivity contribution is -0.111. The Morgan fingerprint density at radius 1 is 1.17 bits per heavy atom. The number of ketones is 1. The minimum atomic E-state index is -0.743. The van der Waals surface area contributed by atoms with E-state index in [0.29, 0.717) is 40.8 Å². The van der Waals surface area contributed by atoms with E-state index >= 15 is 0 Å². The molecule has 0 spiro atoms. The molecule has 0 bridgehead atoms. The summed E-state index contributed by atoms with van der Waals surface area (Å²) in [7, 11) is 1.42. The number of hydrogen-bond donors (Lipinski definition) is 0. The Hall–Kier alpha value is -3.25. The highest BCUT2D eigenvalue weighted by Gasteiger charge is 2.20. The van der Waals surface area contributed by atoms with E-state index in [4.69, 9.17) is 16.3 Å². The first-order valence-corrected chi connectivity index (χ1v) is 9.80. The zero-order valence-corrected chi connectivity index (χ0v) is 17.4. The zero-order valence-electron chi connectivity index (χ0n) is 16.7. The average Bonchev–Trinajstić information content (AvgIpc) is 2.75. The molecular weight excluding hydrogens is 404 g/mol. The largest absolute Gasteiger partial charge is 0.480 e. The second kappa shape index (κ2) is 9.50. The van der Waals surface area contributed by atoms with E-state index in [-0.39, 0.29) is 11.7 Å². The summed E-state index contributed by atoms with van der Waals surface area (Å²) in [5.41, 5.74) is 1.79. The van der Waals surface area contributed by atoms with Crippen molar-refractivity contribution in [1.29, 1.82) is 0 Å². The van der Waals surface area contributed by atoms with Crippen LogP contribution in [0.5, 0.6) is 5.88 Å². The van der Waals surface area contributed by atoms with Gasteiger partial charge in [-0.3, -0.25) is 9.59 Å². The van der Waals surface area contributed by atoms with Crippen molar-refractivity contribution in [2.45, 2.75) is 25.8 Å². The lowest BCUT2D eigenvalue weighted by Gasteiger charge is -2.16. The first-order valence-electron chi connectivity index (χ1n) is 9.42. The van der Waals surface area contributed by atoms with Crippen molar-refractivity contribution in [3.63, 3.8) is 0 Å². The number of carbonyl (C=O) groups excluding carboxylic acids is 2. The Balaban J connectivity index is 2.02. The van der Waals surface area contributed by atoms with E-state index in [1.807, 2.05) is 30.3 Å². The van der Waals surface area contributed by atoms with Crippen LogP contribution in [0.4, 0.5) is 0 Å². The summed E-state index contributed by atoms with van der Waals surface area (Å²) in [6.07, 6.45) is 1.74. The number of nitrogens with zero attached hydrogens (tertiary/aromatic N) is 2. The second-order valence-electron chi connectivity index (χ2n) is 6.82. The van der Waals surface area contributed by atoms with Gasteiger partial charge >= 0.3 is 0 Å². The summed E-state index contributed by atoms with van der Waals surface area (Å²) in [6, 6.07) is 15.1. The van der Waals surface area contributed by atoms with Crippen molar-refractivity contribution < 1.29 is 14.3 Å². The Morgan fingerprint density at radius 2 is 1.90 bits per heavy atom. The molecule has 1 aromatic heterocycles. The molecule has 0 radical (unpaired) electrons. The minimum absolute atomic E-state index is 0.130. The molecule has 0 fully saturated rings. The highest BCUT2D eigenvalue weighted by atomic mass is 35.5. The lowest BCUT2D eigenvalue weighted by Crippen LogP contribution is -2.29. The zero-order chi connectivity index (χ0) is 21.7. The molecule has 0 amide bonds. The molecule has 154 valence electrons. The van der Waals surface area contributed by atoms with Gasteiger partial charge in [-0.25, -0.2) is 4.68 Å². The number of carbonyl (C=O) groups is 2. The minimum Gasteiger partial charge on any atom is -0.480 e. The quantitative estimate of drug-likeness (QED) is 0.401. The maximum atomic E-state index is 12.8. The van der Waals surface area contributed by atoms with Gasteiger partial charge in [0.25, 0.3) is 5.56 Å². The van der Waals surface area contributed by atoms with E-state index in [1.165, 1.54) is 20.1 Å². The fourth-order valence-corrected chi connectivity index (χ4v) is 3.46. The van der Waals surface area contributed by atoms with Gasteiger partial charge in [0, 0.05) is 16.7 Å². The summed E-state index contributed by atoms with van der Waals surface area (Å²) < 4.78 is 6.51. The van der Waals surface area contributed by atoms with E-state index in [9.17, 15) is 14.4 Å². The van der Waals surface area contributed by atoms with E-state index < -0.39 is 11.6 Å². The van der Waals surface area contributed by atoms with Gasteiger partial charge in [0.1, 0.15) is 12.3 Å². The van der Waals surface area contributed by atoms with Gasteiger partial charge in [-0.1, -0.05) is 41.9 Å². The number of aldehydes is 1. The fraction of sp³-hybridized carbons (Fsp3) is 0.217. The molecule has 30 heavy (non-hydrogen) atoms. The summed E-state index contributed by atoms with van der Waals surface area (Å²) in [6.45, 7) is 1.43. The second-order valence-corrected chi connectivity index (χ2v) is 7.26. The number of Topliss-reactive ketones (excluding diaryl/α,β-unsaturated/α-hetero) is 1. The number of benzene rings is 2. The number of methoxy groups -OCH3 is 1. The van der Waals surface area contributed by atoms with Crippen molar-refractivity contribution >= 4 is 23.7 Å². The average molecular weight is 425 g/mol. The summed E-state index contributed by atoms with van der Waals surface area (Å²) in [5, 5.41) is 4.69. The van der Waals surface area contributed by atoms with Crippen LogP contribution in [0.2, 0.25) is 5.02 Å². The van der Waals surface area contributed by atoms with Crippen molar-refractivity contribution in [3.05, 3.63) is 81.1 Å². The third-order valence-electron chi connectivity index (χ3n) is 4.81. The summed E-state index contributed by atoms with van der Waals surface area (Å²) >= 11 is 6.11. The number of rotatable bonds is 8.